The number of azo groups is 1. The Morgan fingerprint density at radius 1 is 0.750 bits per heavy atom. The van der Waals surface area contributed by atoms with Gasteiger partial charge in [-0.25, -0.2) is 0 Å². The molecule has 0 aromatic carbocycles. The molecule has 0 aliphatic carbocycles. The van der Waals surface area contributed by atoms with Gasteiger partial charge in [0.15, 0.2) is 0 Å². The van der Waals surface area contributed by atoms with Crippen LogP contribution in [0.1, 0.15) is 27.7 Å². The van der Waals surface area contributed by atoms with Crippen molar-refractivity contribution < 1.29 is 0 Å². The number of hydrogen-bond donors (Lipinski definition) is 0. The van der Waals surface area contributed by atoms with Crippen LogP contribution in [-0.2, 0) is 0 Å². The van der Waals surface area contributed by atoms with E-state index < -0.39 is 0 Å². The van der Waals surface area contributed by atoms with E-state index in [4.69, 9.17) is 0 Å². The van der Waals surface area contributed by atoms with Crippen molar-refractivity contribution in [2.75, 3.05) is 0 Å². The van der Waals surface area contributed by atoms with E-state index in [2.05, 4.69) is 51.5 Å². The van der Waals surface area contributed by atoms with Gasteiger partial charge < -0.3 is 0 Å². The van der Waals surface area contributed by atoms with Crippen LogP contribution in [0.2, 0.25) is 0 Å². The van der Waals surface area contributed by atoms with E-state index in [-0.39, 0.29) is 11.9 Å². The normalized spacial score (nSPS) is 10.8. The first-order valence-corrected chi connectivity index (χ1v) is 5.59. The van der Waals surface area contributed by atoms with Gasteiger partial charge in [-0.3, -0.25) is 0 Å². The summed E-state index contributed by atoms with van der Waals surface area (Å²) >= 11 is 0. The SMILES string of the molecule is CC(C)=Nn1nnnc1/N=N/c1nnnn1N=C(C)C. The fourth-order valence-electron chi connectivity index (χ4n) is 1.07. The summed E-state index contributed by atoms with van der Waals surface area (Å²) in [4.78, 5) is 2.31. The minimum atomic E-state index is 0.109. The second-order valence-corrected chi connectivity index (χ2v) is 4.03. The summed E-state index contributed by atoms with van der Waals surface area (Å²) in [5.74, 6) is 0.218. The van der Waals surface area contributed by atoms with Crippen molar-refractivity contribution in [3.8, 4) is 0 Å². The fourth-order valence-corrected chi connectivity index (χ4v) is 1.07. The molecule has 104 valence electrons. The van der Waals surface area contributed by atoms with Crippen LogP contribution in [0.25, 0.3) is 0 Å². The van der Waals surface area contributed by atoms with Gasteiger partial charge in [0.1, 0.15) is 0 Å². The Morgan fingerprint density at radius 3 is 1.50 bits per heavy atom. The Morgan fingerprint density at radius 2 is 1.15 bits per heavy atom. The first-order valence-electron chi connectivity index (χ1n) is 5.59. The monoisotopic (exact) mass is 276 g/mol. The highest BCUT2D eigenvalue weighted by molar-refractivity contribution is 5.79. The van der Waals surface area contributed by atoms with Crippen LogP contribution >= 0.6 is 0 Å². The van der Waals surface area contributed by atoms with E-state index in [1.165, 1.54) is 0 Å². The smallest absolute Gasteiger partial charge is 0.155 e. The quantitative estimate of drug-likeness (QED) is 0.591. The number of nitrogens with zero attached hydrogens (tertiary/aromatic N) is 12. The van der Waals surface area contributed by atoms with Crippen LogP contribution in [0.5, 0.6) is 0 Å². The lowest BCUT2D eigenvalue weighted by Gasteiger charge is -1.93. The lowest BCUT2D eigenvalue weighted by molar-refractivity contribution is 0.681. The van der Waals surface area contributed by atoms with Crippen molar-refractivity contribution in [3.05, 3.63) is 0 Å². The third-order valence-electron chi connectivity index (χ3n) is 1.69. The summed E-state index contributed by atoms with van der Waals surface area (Å²) in [5.41, 5.74) is 1.54. The molecule has 0 aliphatic rings. The molecule has 0 fully saturated rings. The van der Waals surface area contributed by atoms with Crippen LogP contribution in [0, 0.1) is 0 Å². The number of hydrogen-bond acceptors (Lipinski definition) is 10. The second kappa shape index (κ2) is 5.81. The third kappa shape index (κ3) is 3.30. The molecule has 2 heterocycles. The van der Waals surface area contributed by atoms with Crippen LogP contribution in [0.15, 0.2) is 20.4 Å². The maximum Gasteiger partial charge on any atom is 0.309 e. The van der Waals surface area contributed by atoms with Crippen LogP contribution in [0.3, 0.4) is 0 Å². The first kappa shape index (κ1) is 13.5. The van der Waals surface area contributed by atoms with Gasteiger partial charge in [0, 0.05) is 11.4 Å². The maximum absolute atomic E-state index is 4.05. The Balaban J connectivity index is 2.27. The lowest BCUT2D eigenvalue weighted by Crippen LogP contribution is -1.96. The number of aromatic nitrogens is 8. The Labute approximate surface area is 113 Å². The molecule has 0 atom stereocenters. The molecular weight excluding hydrogens is 264 g/mol. The van der Waals surface area contributed by atoms with E-state index in [1.807, 2.05) is 27.7 Å². The summed E-state index contributed by atoms with van der Waals surface area (Å²) < 4.78 is 0. The molecule has 12 nitrogen and oxygen atoms in total. The summed E-state index contributed by atoms with van der Waals surface area (Å²) in [5, 5.41) is 37.4. The maximum atomic E-state index is 4.05. The highest BCUT2D eigenvalue weighted by Gasteiger charge is 2.06. The molecule has 0 unspecified atom stereocenters. The zero-order valence-corrected chi connectivity index (χ0v) is 11.4. The van der Waals surface area contributed by atoms with Crippen LogP contribution < -0.4 is 0 Å². The molecule has 2 aromatic rings. The number of rotatable bonds is 4. The first-order chi connectivity index (χ1) is 9.56. The van der Waals surface area contributed by atoms with Gasteiger partial charge in [-0.05, 0) is 48.5 Å². The molecule has 0 amide bonds. The van der Waals surface area contributed by atoms with Gasteiger partial charge in [-0.15, -0.1) is 10.2 Å². The van der Waals surface area contributed by atoms with E-state index >= 15 is 0 Å². The Hall–Kier alpha value is -2.92. The van der Waals surface area contributed by atoms with Crippen molar-refractivity contribution in [2.24, 2.45) is 20.4 Å². The third-order valence-corrected chi connectivity index (χ3v) is 1.69. The molecule has 0 spiro atoms. The predicted molar refractivity (Wildman–Crippen MR) is 68.2 cm³/mol. The summed E-state index contributed by atoms with van der Waals surface area (Å²) in [7, 11) is 0. The zero-order chi connectivity index (χ0) is 14.5. The largest absolute Gasteiger partial charge is 0.309 e. The van der Waals surface area contributed by atoms with Crippen molar-refractivity contribution >= 4 is 23.3 Å². The molecule has 0 bridgehead atoms. The molecule has 20 heavy (non-hydrogen) atoms. The van der Waals surface area contributed by atoms with Crippen molar-refractivity contribution in [1.82, 2.24) is 40.6 Å². The molecule has 12 heteroatoms. The standard InChI is InChI=1S/C8H12N12/c1-5(2)13-19-7(11-15-17-19)9-10-8-12-16-18-20(8)14-6(3)4/h1-4H3/b10-9+. The number of tetrazole rings is 2. The molecule has 0 saturated carbocycles. The molecule has 0 saturated heterocycles. The van der Waals surface area contributed by atoms with Crippen molar-refractivity contribution in [2.45, 2.75) is 27.7 Å². The topological polar surface area (TPSA) is 137 Å². The van der Waals surface area contributed by atoms with Gasteiger partial charge in [0.25, 0.3) is 0 Å². The second-order valence-electron chi connectivity index (χ2n) is 4.03. The summed E-state index contributed by atoms with van der Waals surface area (Å²) in [6.07, 6.45) is 0. The molecule has 2 aromatic heterocycles. The summed E-state index contributed by atoms with van der Waals surface area (Å²) in [6, 6.07) is 0. The minimum absolute atomic E-state index is 0.109. The summed E-state index contributed by atoms with van der Waals surface area (Å²) in [6.45, 7) is 7.23. The van der Waals surface area contributed by atoms with Crippen molar-refractivity contribution in [3.63, 3.8) is 0 Å². The molecular formula is C8H12N12. The fraction of sp³-hybridized carbons (Fsp3) is 0.500. The van der Waals surface area contributed by atoms with E-state index in [0.29, 0.717) is 0 Å². The van der Waals surface area contributed by atoms with Gasteiger partial charge in [-0.2, -0.15) is 10.2 Å². The average molecular weight is 276 g/mol. The molecule has 0 radical (unpaired) electrons. The predicted octanol–water partition coefficient (Wildman–Crippen LogP) is 0.563. The highest BCUT2D eigenvalue weighted by Crippen LogP contribution is 2.11. The Kier molecular flexibility index (Phi) is 3.93. The van der Waals surface area contributed by atoms with E-state index in [1.54, 1.807) is 0 Å². The van der Waals surface area contributed by atoms with Gasteiger partial charge in [0.2, 0.25) is 0 Å². The molecule has 0 N–H and O–H groups in total. The molecule has 2 rings (SSSR count). The van der Waals surface area contributed by atoms with E-state index in [9.17, 15) is 0 Å². The highest BCUT2D eigenvalue weighted by atomic mass is 15.7. The van der Waals surface area contributed by atoms with Gasteiger partial charge >= 0.3 is 11.9 Å². The van der Waals surface area contributed by atoms with Crippen molar-refractivity contribution in [1.29, 1.82) is 0 Å². The minimum Gasteiger partial charge on any atom is -0.155 e. The van der Waals surface area contributed by atoms with Gasteiger partial charge in [0.05, 0.1) is 0 Å². The molecule has 0 aliphatic heterocycles. The van der Waals surface area contributed by atoms with Crippen LogP contribution in [-0.4, -0.2) is 52.1 Å². The van der Waals surface area contributed by atoms with Gasteiger partial charge in [-0.1, -0.05) is 19.8 Å². The average Bonchev–Trinajstić information content (AvgIpc) is 2.95. The lowest BCUT2D eigenvalue weighted by atomic mass is 10.5. The Bertz CT molecular complexity index is 607. The zero-order valence-electron chi connectivity index (χ0n) is 11.4. The van der Waals surface area contributed by atoms with E-state index in [0.717, 1.165) is 21.0 Å². The van der Waals surface area contributed by atoms with Crippen LogP contribution in [0.4, 0.5) is 11.9 Å².